The van der Waals surface area contributed by atoms with Crippen LogP contribution in [0.3, 0.4) is 0 Å². The molecule has 1 aromatic rings. The standard InChI is InChI=1S/C15H23NO3S/c1-4-15(5-2,10-17)9-16-11-7-6-8-12(20-3)13(11)14(18)19/h6-8,16-17H,4-5,9-10H2,1-3H3,(H,18,19). The highest BCUT2D eigenvalue weighted by Crippen LogP contribution is 2.30. The first kappa shape index (κ1) is 16.9. The third kappa shape index (κ3) is 3.67. The van der Waals surface area contributed by atoms with E-state index in [2.05, 4.69) is 5.32 Å². The van der Waals surface area contributed by atoms with E-state index in [-0.39, 0.29) is 12.0 Å². The number of carbonyl (C=O) groups is 1. The summed E-state index contributed by atoms with van der Waals surface area (Å²) in [5.41, 5.74) is 0.716. The van der Waals surface area contributed by atoms with Crippen LogP contribution in [0.25, 0.3) is 0 Å². The summed E-state index contributed by atoms with van der Waals surface area (Å²) in [5, 5.41) is 22.2. The van der Waals surface area contributed by atoms with E-state index < -0.39 is 5.97 Å². The molecule has 0 saturated heterocycles. The largest absolute Gasteiger partial charge is 0.478 e. The predicted octanol–water partition coefficient (Wildman–Crippen LogP) is 3.32. The molecular formula is C15H23NO3S. The molecule has 0 aliphatic heterocycles. The number of carboxylic acid groups (broad SMARTS) is 1. The van der Waals surface area contributed by atoms with Crippen LogP contribution in [0.2, 0.25) is 0 Å². The van der Waals surface area contributed by atoms with Crippen molar-refractivity contribution >= 4 is 23.4 Å². The number of benzene rings is 1. The molecule has 0 heterocycles. The van der Waals surface area contributed by atoms with Gasteiger partial charge in [0, 0.05) is 22.5 Å². The van der Waals surface area contributed by atoms with Crippen molar-refractivity contribution in [2.24, 2.45) is 5.41 Å². The highest BCUT2D eigenvalue weighted by atomic mass is 32.2. The zero-order chi connectivity index (χ0) is 15.2. The summed E-state index contributed by atoms with van der Waals surface area (Å²) < 4.78 is 0. The smallest absolute Gasteiger partial charge is 0.338 e. The molecule has 0 atom stereocenters. The van der Waals surface area contributed by atoms with Crippen LogP contribution in [0, 0.1) is 5.41 Å². The van der Waals surface area contributed by atoms with E-state index in [0.29, 0.717) is 17.8 Å². The van der Waals surface area contributed by atoms with Crippen LogP contribution in [0.5, 0.6) is 0 Å². The number of hydrogen-bond acceptors (Lipinski definition) is 4. The lowest BCUT2D eigenvalue weighted by Crippen LogP contribution is -2.32. The molecule has 4 nitrogen and oxygen atoms in total. The summed E-state index contributed by atoms with van der Waals surface area (Å²) in [4.78, 5) is 12.2. The molecule has 20 heavy (non-hydrogen) atoms. The lowest BCUT2D eigenvalue weighted by molar-refractivity contribution is 0.0694. The molecule has 0 amide bonds. The van der Waals surface area contributed by atoms with Crippen LogP contribution in [-0.2, 0) is 0 Å². The number of hydrogen-bond donors (Lipinski definition) is 3. The third-order valence-electron chi connectivity index (χ3n) is 3.95. The summed E-state index contributed by atoms with van der Waals surface area (Å²) in [5.74, 6) is -0.931. The maximum Gasteiger partial charge on any atom is 0.338 e. The van der Waals surface area contributed by atoms with Gasteiger partial charge in [-0.3, -0.25) is 0 Å². The number of nitrogens with one attached hydrogen (secondary N) is 1. The van der Waals surface area contributed by atoms with E-state index in [0.717, 1.165) is 17.7 Å². The Hall–Kier alpha value is -1.20. The van der Waals surface area contributed by atoms with Gasteiger partial charge in [0.15, 0.2) is 0 Å². The highest BCUT2D eigenvalue weighted by molar-refractivity contribution is 7.98. The van der Waals surface area contributed by atoms with Crippen LogP contribution in [0.15, 0.2) is 23.1 Å². The molecule has 0 radical (unpaired) electrons. The lowest BCUT2D eigenvalue weighted by Gasteiger charge is -2.30. The zero-order valence-electron chi connectivity index (χ0n) is 12.3. The number of carboxylic acids is 1. The van der Waals surface area contributed by atoms with E-state index in [1.165, 1.54) is 11.8 Å². The van der Waals surface area contributed by atoms with Gasteiger partial charge in [-0.25, -0.2) is 4.79 Å². The van der Waals surface area contributed by atoms with Gasteiger partial charge >= 0.3 is 5.97 Å². The van der Waals surface area contributed by atoms with Crippen molar-refractivity contribution in [3.05, 3.63) is 23.8 Å². The van der Waals surface area contributed by atoms with Gasteiger partial charge in [-0.2, -0.15) is 0 Å². The van der Waals surface area contributed by atoms with E-state index in [9.17, 15) is 15.0 Å². The molecule has 0 fully saturated rings. The Balaban J connectivity index is 3.01. The Morgan fingerprint density at radius 3 is 2.45 bits per heavy atom. The summed E-state index contributed by atoms with van der Waals surface area (Å²) in [6, 6.07) is 5.42. The second-order valence-electron chi connectivity index (χ2n) is 4.91. The van der Waals surface area contributed by atoms with Crippen LogP contribution >= 0.6 is 11.8 Å². The van der Waals surface area contributed by atoms with Gasteiger partial charge in [0.05, 0.1) is 12.2 Å². The number of anilines is 1. The van der Waals surface area contributed by atoms with Crippen molar-refractivity contribution in [2.75, 3.05) is 24.7 Å². The molecule has 0 unspecified atom stereocenters. The number of aromatic carboxylic acids is 1. The Morgan fingerprint density at radius 2 is 2.00 bits per heavy atom. The van der Waals surface area contributed by atoms with Crippen molar-refractivity contribution in [1.82, 2.24) is 0 Å². The number of rotatable bonds is 8. The molecule has 0 aliphatic rings. The molecule has 0 aliphatic carbocycles. The topological polar surface area (TPSA) is 69.6 Å². The van der Waals surface area contributed by atoms with Crippen LogP contribution in [0.4, 0.5) is 5.69 Å². The van der Waals surface area contributed by atoms with Gasteiger partial charge < -0.3 is 15.5 Å². The maximum atomic E-state index is 11.4. The van der Waals surface area contributed by atoms with Crippen LogP contribution in [-0.4, -0.2) is 35.6 Å². The molecule has 0 aromatic heterocycles. The van der Waals surface area contributed by atoms with Gasteiger partial charge in [0.2, 0.25) is 0 Å². The van der Waals surface area contributed by atoms with E-state index in [4.69, 9.17) is 0 Å². The molecule has 1 aromatic carbocycles. The highest BCUT2D eigenvalue weighted by Gasteiger charge is 2.26. The Morgan fingerprint density at radius 1 is 1.35 bits per heavy atom. The lowest BCUT2D eigenvalue weighted by atomic mass is 9.83. The van der Waals surface area contributed by atoms with Crippen molar-refractivity contribution in [1.29, 1.82) is 0 Å². The molecule has 0 bridgehead atoms. The number of thioether (sulfide) groups is 1. The fraction of sp³-hybridized carbons (Fsp3) is 0.533. The quantitative estimate of drug-likeness (QED) is 0.642. The van der Waals surface area contributed by atoms with Crippen LogP contribution < -0.4 is 5.32 Å². The summed E-state index contributed by atoms with van der Waals surface area (Å²) in [7, 11) is 0. The van der Waals surface area contributed by atoms with E-state index in [1.807, 2.05) is 26.2 Å². The molecule has 112 valence electrons. The second kappa shape index (κ2) is 7.55. The fourth-order valence-corrected chi connectivity index (χ4v) is 2.75. The van der Waals surface area contributed by atoms with Crippen molar-refractivity contribution < 1.29 is 15.0 Å². The zero-order valence-corrected chi connectivity index (χ0v) is 13.1. The molecule has 0 saturated carbocycles. The van der Waals surface area contributed by atoms with Crippen LogP contribution in [0.1, 0.15) is 37.0 Å². The first-order valence-electron chi connectivity index (χ1n) is 6.78. The monoisotopic (exact) mass is 297 g/mol. The van der Waals surface area contributed by atoms with Crippen molar-refractivity contribution in [3.63, 3.8) is 0 Å². The van der Waals surface area contributed by atoms with Crippen molar-refractivity contribution in [3.8, 4) is 0 Å². The molecule has 5 heteroatoms. The maximum absolute atomic E-state index is 11.4. The summed E-state index contributed by atoms with van der Waals surface area (Å²) in [6.45, 7) is 4.74. The first-order chi connectivity index (χ1) is 9.53. The molecule has 0 spiro atoms. The Labute approximate surface area is 124 Å². The van der Waals surface area contributed by atoms with Gasteiger partial charge in [0.25, 0.3) is 0 Å². The minimum atomic E-state index is -0.931. The Bertz CT molecular complexity index is 450. The molecular weight excluding hydrogens is 274 g/mol. The molecule has 1 rings (SSSR count). The van der Waals surface area contributed by atoms with Gasteiger partial charge in [-0.05, 0) is 31.2 Å². The minimum Gasteiger partial charge on any atom is -0.478 e. The molecule has 3 N–H and O–H groups in total. The average Bonchev–Trinajstić information content (AvgIpc) is 2.48. The van der Waals surface area contributed by atoms with Crippen molar-refractivity contribution in [2.45, 2.75) is 31.6 Å². The number of aliphatic hydroxyl groups is 1. The average molecular weight is 297 g/mol. The summed E-state index contributed by atoms with van der Waals surface area (Å²) in [6.07, 6.45) is 3.55. The minimum absolute atomic E-state index is 0.0949. The second-order valence-corrected chi connectivity index (χ2v) is 5.75. The van der Waals surface area contributed by atoms with Gasteiger partial charge in [0.1, 0.15) is 0 Å². The summed E-state index contributed by atoms with van der Waals surface area (Å²) >= 11 is 1.42. The first-order valence-corrected chi connectivity index (χ1v) is 8.01. The third-order valence-corrected chi connectivity index (χ3v) is 4.73. The van der Waals surface area contributed by atoms with Gasteiger partial charge in [-0.15, -0.1) is 11.8 Å². The normalized spacial score (nSPS) is 11.4. The Kier molecular flexibility index (Phi) is 6.36. The predicted molar refractivity (Wildman–Crippen MR) is 83.8 cm³/mol. The van der Waals surface area contributed by atoms with Gasteiger partial charge in [-0.1, -0.05) is 19.9 Å². The van der Waals surface area contributed by atoms with E-state index >= 15 is 0 Å². The van der Waals surface area contributed by atoms with E-state index in [1.54, 1.807) is 12.1 Å². The number of aliphatic hydroxyl groups excluding tert-OH is 1. The SMILES string of the molecule is CCC(CC)(CO)CNc1cccc(SC)c1C(=O)O. The fourth-order valence-electron chi connectivity index (χ4n) is 2.13.